The Bertz CT molecular complexity index is 1280. The van der Waals surface area contributed by atoms with Crippen LogP contribution in [0.1, 0.15) is 52.0 Å². The first-order valence-corrected chi connectivity index (χ1v) is 10.3. The number of benzene rings is 2. The van der Waals surface area contributed by atoms with Crippen molar-refractivity contribution in [2.45, 2.75) is 32.0 Å². The summed E-state index contributed by atoms with van der Waals surface area (Å²) in [6, 6.07) is 8.69. The highest BCUT2D eigenvalue weighted by Gasteiger charge is 2.32. The van der Waals surface area contributed by atoms with Crippen molar-refractivity contribution in [1.29, 1.82) is 0 Å². The number of alkyl halides is 3. The number of ether oxygens (including phenoxy) is 1. The summed E-state index contributed by atoms with van der Waals surface area (Å²) in [7, 11) is 0. The number of pyridine rings is 1. The molecule has 0 atom stereocenters. The van der Waals surface area contributed by atoms with E-state index in [9.17, 15) is 31.9 Å². The van der Waals surface area contributed by atoms with Crippen molar-refractivity contribution in [3.8, 4) is 5.75 Å². The first-order valence-electron chi connectivity index (χ1n) is 10.3. The molecule has 1 aliphatic carbocycles. The maximum atomic E-state index is 14.0. The number of carbonyl (C=O) groups is 1. The van der Waals surface area contributed by atoms with Gasteiger partial charge in [0.1, 0.15) is 24.0 Å². The van der Waals surface area contributed by atoms with E-state index in [2.05, 4.69) is 4.98 Å². The number of nitrogens with zero attached hydrogens (tertiary/aromatic N) is 1. The third kappa shape index (κ3) is 4.93. The van der Waals surface area contributed by atoms with Gasteiger partial charge in [0, 0.05) is 23.4 Å². The van der Waals surface area contributed by atoms with Gasteiger partial charge in [-0.05, 0) is 72.9 Å². The summed E-state index contributed by atoms with van der Waals surface area (Å²) < 4.78 is 73.3. The Balaban J connectivity index is 1.78. The van der Waals surface area contributed by atoms with Gasteiger partial charge in [-0.15, -0.1) is 0 Å². The normalized spacial score (nSPS) is 13.9. The van der Waals surface area contributed by atoms with Crippen LogP contribution in [-0.2, 0) is 12.8 Å². The molecule has 9 heteroatoms. The second-order valence-electron chi connectivity index (χ2n) is 7.78. The van der Waals surface area contributed by atoms with Gasteiger partial charge in [-0.3, -0.25) is 4.98 Å². The molecule has 1 aromatic heterocycles. The zero-order valence-corrected chi connectivity index (χ0v) is 17.6. The van der Waals surface area contributed by atoms with Gasteiger partial charge >= 0.3 is 12.1 Å². The average molecular weight is 475 g/mol. The topological polar surface area (TPSA) is 59.4 Å². The minimum absolute atomic E-state index is 0.0102. The third-order valence-corrected chi connectivity index (χ3v) is 5.56. The molecule has 2 aromatic carbocycles. The van der Waals surface area contributed by atoms with Gasteiger partial charge in [-0.25, -0.2) is 13.6 Å². The summed E-state index contributed by atoms with van der Waals surface area (Å²) >= 11 is 0. The minimum atomic E-state index is -4.60. The summed E-state index contributed by atoms with van der Waals surface area (Å²) in [5.74, 6) is -2.63. The number of hydrogen-bond donors (Lipinski definition) is 1. The second-order valence-corrected chi connectivity index (χ2v) is 7.78. The zero-order chi connectivity index (χ0) is 24.5. The molecule has 4 rings (SSSR count). The lowest BCUT2D eigenvalue weighted by atomic mass is 9.96. The molecule has 0 bridgehead atoms. The monoisotopic (exact) mass is 475 g/mol. The number of halogens is 5. The van der Waals surface area contributed by atoms with Crippen LogP contribution in [0.3, 0.4) is 0 Å². The number of rotatable bonds is 6. The van der Waals surface area contributed by atoms with Gasteiger partial charge in [-0.2, -0.15) is 13.2 Å². The van der Waals surface area contributed by atoms with Crippen LogP contribution in [0.15, 0.2) is 54.7 Å². The maximum Gasteiger partial charge on any atom is 0.416 e. The molecule has 0 aliphatic heterocycles. The van der Waals surface area contributed by atoms with E-state index in [1.165, 1.54) is 30.5 Å². The van der Waals surface area contributed by atoms with Crippen molar-refractivity contribution in [3.05, 3.63) is 94.3 Å². The summed E-state index contributed by atoms with van der Waals surface area (Å²) in [4.78, 5) is 15.6. The largest absolute Gasteiger partial charge is 0.488 e. The number of aromatic carboxylic acids is 1. The van der Waals surface area contributed by atoms with E-state index < -0.39 is 29.3 Å². The molecule has 0 fully saturated rings. The van der Waals surface area contributed by atoms with Crippen molar-refractivity contribution in [2.24, 2.45) is 0 Å². The van der Waals surface area contributed by atoms with Crippen LogP contribution in [0, 0.1) is 11.6 Å². The molecular weight excluding hydrogens is 457 g/mol. The molecule has 0 saturated heterocycles. The fourth-order valence-electron chi connectivity index (χ4n) is 3.91. The van der Waals surface area contributed by atoms with Crippen LogP contribution in [0.2, 0.25) is 0 Å². The Morgan fingerprint density at radius 2 is 1.76 bits per heavy atom. The predicted octanol–water partition coefficient (Wildman–Crippen LogP) is 6.75. The molecule has 0 spiro atoms. The Morgan fingerprint density at radius 3 is 2.47 bits per heavy atom. The van der Waals surface area contributed by atoms with Crippen LogP contribution >= 0.6 is 0 Å². The molecule has 1 N–H and O–H groups in total. The first kappa shape index (κ1) is 23.4. The van der Waals surface area contributed by atoms with E-state index in [-0.39, 0.29) is 29.0 Å². The van der Waals surface area contributed by atoms with Gasteiger partial charge in [0.2, 0.25) is 0 Å². The molecule has 0 amide bonds. The van der Waals surface area contributed by atoms with Gasteiger partial charge in [0.05, 0.1) is 16.8 Å². The average Bonchev–Trinajstić information content (AvgIpc) is 3.27. The van der Waals surface area contributed by atoms with Gasteiger partial charge in [0.15, 0.2) is 0 Å². The van der Waals surface area contributed by atoms with Crippen LogP contribution in [0.4, 0.5) is 22.0 Å². The lowest BCUT2D eigenvalue weighted by Gasteiger charge is -2.17. The Morgan fingerprint density at radius 1 is 1.00 bits per heavy atom. The van der Waals surface area contributed by atoms with Gasteiger partial charge < -0.3 is 9.84 Å². The van der Waals surface area contributed by atoms with Crippen LogP contribution < -0.4 is 4.74 Å². The Hall–Kier alpha value is -3.75. The molecule has 1 aliphatic rings. The van der Waals surface area contributed by atoms with Gasteiger partial charge in [-0.1, -0.05) is 0 Å². The standard InChI is InChI=1S/C25H18F5NO3/c26-17-6-4-15(21(27)12-17)13-34-23-7-5-16(25(28,29)30)11-20(23)18-2-1-3-19(18)22-10-14(24(32)33)8-9-31-22/h4-12H,1-3,13H2,(H,32,33). The summed E-state index contributed by atoms with van der Waals surface area (Å²) in [5, 5.41) is 9.28. The third-order valence-electron chi connectivity index (χ3n) is 5.56. The highest BCUT2D eigenvalue weighted by Crippen LogP contribution is 2.44. The molecule has 176 valence electrons. The van der Waals surface area contributed by atoms with Crippen LogP contribution in [-0.4, -0.2) is 16.1 Å². The van der Waals surface area contributed by atoms with Crippen molar-refractivity contribution in [1.82, 2.24) is 4.98 Å². The van der Waals surface area contributed by atoms with Crippen molar-refractivity contribution in [3.63, 3.8) is 0 Å². The number of aromatic nitrogens is 1. The second kappa shape index (κ2) is 9.24. The summed E-state index contributed by atoms with van der Waals surface area (Å²) in [6.07, 6.45) is -1.71. The quantitative estimate of drug-likeness (QED) is 0.401. The van der Waals surface area contributed by atoms with Gasteiger partial charge in [0.25, 0.3) is 0 Å². The summed E-state index contributed by atoms with van der Waals surface area (Å²) in [5.41, 5.74) is 0.886. The van der Waals surface area contributed by atoms with E-state index in [4.69, 9.17) is 4.74 Å². The zero-order valence-electron chi connectivity index (χ0n) is 17.6. The lowest BCUT2D eigenvalue weighted by Crippen LogP contribution is -2.07. The number of allylic oxidation sites excluding steroid dienone is 2. The fraction of sp³-hybridized carbons (Fsp3) is 0.200. The smallest absolute Gasteiger partial charge is 0.416 e. The predicted molar refractivity (Wildman–Crippen MR) is 114 cm³/mol. The number of carboxylic acids is 1. The number of carboxylic acid groups (broad SMARTS) is 1. The fourth-order valence-corrected chi connectivity index (χ4v) is 3.91. The van der Waals surface area contributed by atoms with E-state index in [1.54, 1.807) is 0 Å². The minimum Gasteiger partial charge on any atom is -0.488 e. The van der Waals surface area contributed by atoms with Crippen molar-refractivity contribution < 1.29 is 36.6 Å². The van der Waals surface area contributed by atoms with E-state index in [0.717, 1.165) is 18.2 Å². The maximum absolute atomic E-state index is 14.0. The van der Waals surface area contributed by atoms with Crippen LogP contribution in [0.5, 0.6) is 5.75 Å². The molecule has 0 unspecified atom stereocenters. The van der Waals surface area contributed by atoms with E-state index >= 15 is 0 Å². The molecule has 34 heavy (non-hydrogen) atoms. The molecule has 0 saturated carbocycles. The molecule has 0 radical (unpaired) electrons. The summed E-state index contributed by atoms with van der Waals surface area (Å²) in [6.45, 7) is -0.320. The molecule has 1 heterocycles. The molecule has 4 nitrogen and oxygen atoms in total. The number of hydrogen-bond acceptors (Lipinski definition) is 3. The Kier molecular flexibility index (Phi) is 6.37. The van der Waals surface area contributed by atoms with Crippen molar-refractivity contribution in [2.75, 3.05) is 0 Å². The van der Waals surface area contributed by atoms with Crippen molar-refractivity contribution >= 4 is 17.1 Å². The first-order chi connectivity index (χ1) is 16.1. The molecular formula is C25H18F5NO3. The SMILES string of the molecule is O=C(O)c1ccnc(C2=C(c3cc(C(F)(F)F)ccc3OCc3ccc(F)cc3F)CCC2)c1. The Labute approximate surface area is 191 Å². The molecule has 3 aromatic rings. The van der Waals surface area contributed by atoms with E-state index in [0.29, 0.717) is 42.2 Å². The highest BCUT2D eigenvalue weighted by molar-refractivity contribution is 5.95. The van der Waals surface area contributed by atoms with E-state index in [1.807, 2.05) is 0 Å². The lowest BCUT2D eigenvalue weighted by molar-refractivity contribution is -0.137. The van der Waals surface area contributed by atoms with Crippen LogP contribution in [0.25, 0.3) is 11.1 Å². The highest BCUT2D eigenvalue weighted by atomic mass is 19.4.